The first-order chi connectivity index (χ1) is 14.1. The number of benzene rings is 1. The van der Waals surface area contributed by atoms with E-state index in [4.69, 9.17) is 9.47 Å². The lowest BCUT2D eigenvalue weighted by Gasteiger charge is -2.35. The van der Waals surface area contributed by atoms with Gasteiger partial charge >= 0.3 is 6.09 Å². The normalized spacial score (nSPS) is 13.7. The van der Waals surface area contributed by atoms with Crippen molar-refractivity contribution in [2.24, 2.45) is 0 Å². The summed E-state index contributed by atoms with van der Waals surface area (Å²) in [5.41, 5.74) is 1.92. The van der Waals surface area contributed by atoms with Crippen LogP contribution in [0.3, 0.4) is 0 Å². The summed E-state index contributed by atoms with van der Waals surface area (Å²) in [6.07, 6.45) is 2.98. The first-order valence-corrected chi connectivity index (χ1v) is 9.77. The van der Waals surface area contributed by atoms with Gasteiger partial charge < -0.3 is 24.6 Å². The van der Waals surface area contributed by atoms with Crippen LogP contribution in [0.4, 0.5) is 16.2 Å². The van der Waals surface area contributed by atoms with Gasteiger partial charge in [-0.05, 0) is 32.0 Å². The van der Waals surface area contributed by atoms with Crippen LogP contribution in [0.15, 0.2) is 42.7 Å². The molecule has 154 valence electrons. The van der Waals surface area contributed by atoms with Crippen LogP contribution in [0.25, 0.3) is 0 Å². The zero-order valence-corrected chi connectivity index (χ0v) is 16.8. The number of aromatic nitrogens is 1. The Labute approximate surface area is 170 Å². The molecule has 2 aromatic rings. The fourth-order valence-electron chi connectivity index (χ4n) is 3.13. The van der Waals surface area contributed by atoms with Crippen molar-refractivity contribution in [1.29, 1.82) is 0 Å². The third-order valence-electron chi connectivity index (χ3n) is 4.59. The Morgan fingerprint density at radius 1 is 1.07 bits per heavy atom. The lowest BCUT2D eigenvalue weighted by molar-refractivity contribution is 0.102. The van der Waals surface area contributed by atoms with Crippen LogP contribution in [0, 0.1) is 0 Å². The number of nitrogens with zero attached hydrogens (tertiary/aromatic N) is 3. The maximum Gasteiger partial charge on any atom is 0.409 e. The number of pyridine rings is 1. The van der Waals surface area contributed by atoms with Crippen molar-refractivity contribution in [1.82, 2.24) is 9.88 Å². The van der Waals surface area contributed by atoms with E-state index in [1.165, 1.54) is 6.20 Å². The topological polar surface area (TPSA) is 84.0 Å². The number of ether oxygens (including phenoxy) is 2. The van der Waals surface area contributed by atoms with E-state index in [2.05, 4.69) is 15.2 Å². The van der Waals surface area contributed by atoms with E-state index in [0.29, 0.717) is 56.4 Å². The highest BCUT2D eigenvalue weighted by atomic mass is 16.6. The second-order valence-electron chi connectivity index (χ2n) is 6.49. The highest BCUT2D eigenvalue weighted by Crippen LogP contribution is 2.25. The van der Waals surface area contributed by atoms with Crippen LogP contribution < -0.4 is 15.0 Å². The number of amides is 2. The van der Waals surface area contributed by atoms with Crippen molar-refractivity contribution in [2.45, 2.75) is 13.8 Å². The first-order valence-electron chi connectivity index (χ1n) is 9.77. The minimum atomic E-state index is -0.286. The second-order valence-corrected chi connectivity index (χ2v) is 6.49. The maximum absolute atomic E-state index is 12.7. The molecule has 1 aliphatic heterocycles. The Morgan fingerprint density at radius 3 is 2.55 bits per heavy atom. The smallest absolute Gasteiger partial charge is 0.409 e. The summed E-state index contributed by atoms with van der Waals surface area (Å²) in [5.74, 6) is 0.374. The number of hydrogen-bond donors (Lipinski definition) is 1. The van der Waals surface area contributed by atoms with E-state index >= 15 is 0 Å². The first kappa shape index (κ1) is 20.4. The van der Waals surface area contributed by atoms with E-state index < -0.39 is 0 Å². The van der Waals surface area contributed by atoms with Crippen LogP contribution in [-0.4, -0.2) is 61.3 Å². The largest absolute Gasteiger partial charge is 0.492 e. The number of rotatable bonds is 6. The van der Waals surface area contributed by atoms with Crippen molar-refractivity contribution >= 4 is 23.4 Å². The molecule has 0 bridgehead atoms. The summed E-state index contributed by atoms with van der Waals surface area (Å²) >= 11 is 0. The van der Waals surface area contributed by atoms with E-state index in [9.17, 15) is 9.59 Å². The van der Waals surface area contributed by atoms with Gasteiger partial charge in [0.15, 0.2) is 0 Å². The van der Waals surface area contributed by atoms with E-state index in [-0.39, 0.29) is 12.0 Å². The minimum absolute atomic E-state index is 0.253. The van der Waals surface area contributed by atoms with E-state index in [0.717, 1.165) is 5.69 Å². The van der Waals surface area contributed by atoms with Crippen molar-refractivity contribution in [3.8, 4) is 5.75 Å². The van der Waals surface area contributed by atoms with Gasteiger partial charge in [-0.15, -0.1) is 0 Å². The molecular formula is C21H26N4O4. The molecule has 8 nitrogen and oxygen atoms in total. The Balaban J connectivity index is 1.66. The van der Waals surface area contributed by atoms with Gasteiger partial charge in [-0.25, -0.2) is 4.79 Å². The van der Waals surface area contributed by atoms with Crippen molar-refractivity contribution in [3.63, 3.8) is 0 Å². The van der Waals surface area contributed by atoms with E-state index in [1.54, 1.807) is 24.1 Å². The summed E-state index contributed by atoms with van der Waals surface area (Å²) in [5, 5.41) is 2.89. The number of para-hydroxylation sites is 2. The molecule has 29 heavy (non-hydrogen) atoms. The molecule has 1 saturated heterocycles. The standard InChI is InChI=1S/C21H26N4O4/c1-3-28-19-8-6-5-7-18(19)23-20(26)16-13-17(15-22-14-16)24-9-11-25(12-10-24)21(27)29-4-2/h5-8,13-15H,3-4,9-12H2,1-2H3,(H,23,26). The van der Waals surface area contributed by atoms with Gasteiger partial charge in [0, 0.05) is 32.4 Å². The van der Waals surface area contributed by atoms with Gasteiger partial charge in [-0.3, -0.25) is 9.78 Å². The molecule has 1 aromatic heterocycles. The number of piperazine rings is 1. The summed E-state index contributed by atoms with van der Waals surface area (Å²) in [6, 6.07) is 9.13. The molecular weight excluding hydrogens is 372 g/mol. The highest BCUT2D eigenvalue weighted by molar-refractivity contribution is 6.05. The number of carbonyl (C=O) groups excluding carboxylic acids is 2. The number of nitrogens with one attached hydrogen (secondary N) is 1. The monoisotopic (exact) mass is 398 g/mol. The summed E-state index contributed by atoms with van der Waals surface area (Å²) in [4.78, 5) is 32.6. The average Bonchev–Trinajstić information content (AvgIpc) is 2.75. The molecule has 1 N–H and O–H groups in total. The second kappa shape index (κ2) is 9.77. The van der Waals surface area contributed by atoms with Crippen molar-refractivity contribution in [3.05, 3.63) is 48.3 Å². The molecule has 2 amide bonds. The van der Waals surface area contributed by atoms with Gasteiger partial charge in [0.05, 0.1) is 36.3 Å². The Morgan fingerprint density at radius 2 is 1.83 bits per heavy atom. The molecule has 0 spiro atoms. The van der Waals surface area contributed by atoms with Crippen molar-refractivity contribution < 1.29 is 19.1 Å². The number of hydrogen-bond acceptors (Lipinski definition) is 6. The molecule has 2 heterocycles. The molecule has 8 heteroatoms. The van der Waals surface area contributed by atoms with E-state index in [1.807, 2.05) is 31.2 Å². The Hall–Kier alpha value is -3.29. The van der Waals surface area contributed by atoms with Gasteiger partial charge in [-0.2, -0.15) is 0 Å². The quantitative estimate of drug-likeness (QED) is 0.805. The lowest BCUT2D eigenvalue weighted by atomic mass is 10.2. The molecule has 0 radical (unpaired) electrons. The van der Waals surface area contributed by atoms with Crippen LogP contribution in [-0.2, 0) is 4.74 Å². The Bertz CT molecular complexity index is 850. The number of carbonyl (C=O) groups is 2. The average molecular weight is 398 g/mol. The molecule has 0 unspecified atom stereocenters. The van der Waals surface area contributed by atoms with Gasteiger partial charge in [0.2, 0.25) is 0 Å². The van der Waals surface area contributed by atoms with Crippen molar-refractivity contribution in [2.75, 3.05) is 49.6 Å². The molecule has 3 rings (SSSR count). The Kier molecular flexibility index (Phi) is 6.89. The zero-order valence-electron chi connectivity index (χ0n) is 16.8. The fourth-order valence-corrected chi connectivity index (χ4v) is 3.13. The molecule has 1 aliphatic rings. The fraction of sp³-hybridized carbons (Fsp3) is 0.381. The highest BCUT2D eigenvalue weighted by Gasteiger charge is 2.22. The molecule has 0 aliphatic carbocycles. The van der Waals surface area contributed by atoms with Gasteiger partial charge in [0.1, 0.15) is 5.75 Å². The van der Waals surface area contributed by atoms with Gasteiger partial charge in [0.25, 0.3) is 5.91 Å². The SMILES string of the molecule is CCOC(=O)N1CCN(c2cncc(C(=O)Nc3ccccc3OCC)c2)CC1. The van der Waals surface area contributed by atoms with Crippen LogP contribution in [0.2, 0.25) is 0 Å². The third kappa shape index (κ3) is 5.16. The minimum Gasteiger partial charge on any atom is -0.492 e. The zero-order chi connectivity index (χ0) is 20.6. The summed E-state index contributed by atoms with van der Waals surface area (Å²) < 4.78 is 10.6. The molecule has 1 aromatic carbocycles. The predicted molar refractivity (Wildman–Crippen MR) is 111 cm³/mol. The third-order valence-corrected chi connectivity index (χ3v) is 4.59. The van der Waals surface area contributed by atoms with Gasteiger partial charge in [-0.1, -0.05) is 12.1 Å². The number of anilines is 2. The van der Waals surface area contributed by atoms with Crippen LogP contribution >= 0.6 is 0 Å². The summed E-state index contributed by atoms with van der Waals surface area (Å²) in [6.45, 7) is 7.01. The lowest BCUT2D eigenvalue weighted by Crippen LogP contribution is -2.49. The summed E-state index contributed by atoms with van der Waals surface area (Å²) in [7, 11) is 0. The van der Waals surface area contributed by atoms with Crippen LogP contribution in [0.5, 0.6) is 5.75 Å². The van der Waals surface area contributed by atoms with Crippen LogP contribution in [0.1, 0.15) is 24.2 Å². The predicted octanol–water partition coefficient (Wildman–Crippen LogP) is 3.01. The molecule has 0 saturated carbocycles. The molecule has 0 atom stereocenters. The maximum atomic E-state index is 12.7. The molecule has 1 fully saturated rings.